The third-order valence-corrected chi connectivity index (χ3v) is 1.89. The summed E-state index contributed by atoms with van der Waals surface area (Å²) in [6.45, 7) is 1.77. The van der Waals surface area contributed by atoms with Crippen molar-refractivity contribution in [3.05, 3.63) is 47.5 Å². The predicted molar refractivity (Wildman–Crippen MR) is 56.9 cm³/mol. The van der Waals surface area contributed by atoms with Crippen LogP contribution in [0.4, 0.5) is 0 Å². The smallest absolute Gasteiger partial charge is 0.337 e. The molecule has 0 heterocycles. The van der Waals surface area contributed by atoms with Crippen LogP contribution in [0.3, 0.4) is 0 Å². The first kappa shape index (κ1) is 11.2. The van der Waals surface area contributed by atoms with E-state index < -0.39 is 5.97 Å². The normalized spacial score (nSPS) is 10.3. The van der Waals surface area contributed by atoms with Crippen LogP contribution in [0.5, 0.6) is 0 Å². The van der Waals surface area contributed by atoms with Crippen molar-refractivity contribution in [1.29, 1.82) is 0 Å². The molecule has 0 saturated carbocycles. The highest BCUT2D eigenvalue weighted by Crippen LogP contribution is 2.07. The van der Waals surface area contributed by atoms with Crippen LogP contribution in [0.25, 0.3) is 0 Å². The first-order chi connectivity index (χ1) is 7.19. The van der Waals surface area contributed by atoms with Crippen molar-refractivity contribution < 1.29 is 14.3 Å². The van der Waals surface area contributed by atoms with Gasteiger partial charge >= 0.3 is 5.97 Å². The maximum absolute atomic E-state index is 11.5. The molecule has 3 nitrogen and oxygen atoms in total. The summed E-state index contributed by atoms with van der Waals surface area (Å²) in [4.78, 5) is 22.7. The summed E-state index contributed by atoms with van der Waals surface area (Å²) in [6, 6.07) is 6.45. The number of hydrogen-bond donors (Lipinski definition) is 0. The van der Waals surface area contributed by atoms with Crippen LogP contribution in [-0.2, 0) is 4.74 Å². The number of ether oxygens (including phenoxy) is 1. The minimum Gasteiger partial charge on any atom is -0.465 e. The van der Waals surface area contributed by atoms with E-state index in [0.717, 1.165) is 0 Å². The molecule has 0 aromatic heterocycles. The number of esters is 1. The van der Waals surface area contributed by atoms with Gasteiger partial charge in [0.25, 0.3) is 0 Å². The zero-order valence-corrected chi connectivity index (χ0v) is 8.69. The average Bonchev–Trinajstić information content (AvgIpc) is 2.28. The topological polar surface area (TPSA) is 43.4 Å². The highest BCUT2D eigenvalue weighted by atomic mass is 16.5. The second kappa shape index (κ2) is 5.10. The molecule has 0 spiro atoms. The van der Waals surface area contributed by atoms with Crippen LogP contribution in [0.2, 0.25) is 0 Å². The van der Waals surface area contributed by atoms with Crippen LogP contribution in [0, 0.1) is 0 Å². The average molecular weight is 204 g/mol. The lowest BCUT2D eigenvalue weighted by molar-refractivity contribution is 0.0600. The van der Waals surface area contributed by atoms with Crippen LogP contribution < -0.4 is 0 Å². The van der Waals surface area contributed by atoms with Gasteiger partial charge in [0.05, 0.1) is 12.7 Å². The molecule has 1 aromatic carbocycles. The number of carbonyl (C=O) groups excluding carboxylic acids is 2. The fourth-order valence-electron chi connectivity index (χ4n) is 1.16. The molecule has 0 aliphatic rings. The number of methoxy groups -OCH3 is 1. The minimum atomic E-state index is -0.440. The number of carbonyl (C=O) groups is 2. The Bertz CT molecular complexity index is 405. The van der Waals surface area contributed by atoms with E-state index in [1.165, 1.54) is 19.3 Å². The van der Waals surface area contributed by atoms with E-state index in [-0.39, 0.29) is 5.78 Å². The summed E-state index contributed by atoms with van der Waals surface area (Å²) in [5, 5.41) is 0. The molecule has 0 N–H and O–H groups in total. The quantitative estimate of drug-likeness (QED) is 0.431. The molecule has 0 bridgehead atoms. The molecule has 0 unspecified atom stereocenters. The Morgan fingerprint density at radius 2 is 1.93 bits per heavy atom. The Kier molecular flexibility index (Phi) is 3.80. The van der Waals surface area contributed by atoms with E-state index in [2.05, 4.69) is 4.74 Å². The Hall–Kier alpha value is -1.90. The molecule has 1 aromatic rings. The summed E-state index contributed by atoms with van der Waals surface area (Å²) in [7, 11) is 1.31. The molecule has 0 radical (unpaired) electrons. The van der Waals surface area contributed by atoms with Gasteiger partial charge < -0.3 is 4.74 Å². The predicted octanol–water partition coefficient (Wildman–Crippen LogP) is 2.23. The molecule has 0 saturated heterocycles. The monoisotopic (exact) mass is 204 g/mol. The van der Waals surface area contributed by atoms with Gasteiger partial charge in [0.1, 0.15) is 0 Å². The van der Waals surface area contributed by atoms with Crippen LogP contribution in [0.15, 0.2) is 36.4 Å². The molecule has 0 fully saturated rings. The molecule has 0 amide bonds. The van der Waals surface area contributed by atoms with Gasteiger partial charge in [-0.3, -0.25) is 4.79 Å². The molecule has 3 heteroatoms. The Morgan fingerprint density at radius 1 is 1.27 bits per heavy atom. The van der Waals surface area contributed by atoms with Crippen LogP contribution in [0.1, 0.15) is 27.6 Å². The van der Waals surface area contributed by atoms with Gasteiger partial charge in [-0.2, -0.15) is 0 Å². The number of ketones is 1. The zero-order chi connectivity index (χ0) is 11.3. The van der Waals surface area contributed by atoms with Gasteiger partial charge in [0, 0.05) is 5.56 Å². The van der Waals surface area contributed by atoms with Crippen molar-refractivity contribution in [3.63, 3.8) is 0 Å². The number of rotatable bonds is 3. The molecule has 0 aliphatic carbocycles. The largest absolute Gasteiger partial charge is 0.465 e. The summed E-state index contributed by atoms with van der Waals surface area (Å²) in [6.07, 6.45) is 3.11. The maximum atomic E-state index is 11.5. The van der Waals surface area contributed by atoms with Gasteiger partial charge in [0.15, 0.2) is 5.78 Å². The first-order valence-corrected chi connectivity index (χ1v) is 4.54. The highest BCUT2D eigenvalue weighted by molar-refractivity contribution is 6.05. The van der Waals surface area contributed by atoms with E-state index in [4.69, 9.17) is 0 Å². The lowest BCUT2D eigenvalue weighted by Crippen LogP contribution is -2.03. The van der Waals surface area contributed by atoms with Crippen molar-refractivity contribution >= 4 is 11.8 Å². The van der Waals surface area contributed by atoms with E-state index >= 15 is 0 Å². The standard InChI is InChI=1S/C12H12O3/c1-3-5-11(13)9-6-4-7-10(8-9)12(14)15-2/h3-8H,1-2H3. The lowest BCUT2D eigenvalue weighted by Gasteiger charge is -2.00. The summed E-state index contributed by atoms with van der Waals surface area (Å²) in [5.74, 6) is -0.562. The van der Waals surface area contributed by atoms with Gasteiger partial charge in [-0.05, 0) is 25.1 Å². The van der Waals surface area contributed by atoms with Crippen molar-refractivity contribution in [3.8, 4) is 0 Å². The molecule has 78 valence electrons. The Balaban J connectivity index is 3.02. The zero-order valence-electron chi connectivity index (χ0n) is 8.69. The van der Waals surface area contributed by atoms with Crippen LogP contribution >= 0.6 is 0 Å². The minimum absolute atomic E-state index is 0.122. The van der Waals surface area contributed by atoms with Gasteiger partial charge in [0.2, 0.25) is 0 Å². The van der Waals surface area contributed by atoms with Gasteiger partial charge in [-0.15, -0.1) is 0 Å². The summed E-state index contributed by atoms with van der Waals surface area (Å²) < 4.78 is 4.56. The highest BCUT2D eigenvalue weighted by Gasteiger charge is 2.08. The van der Waals surface area contributed by atoms with E-state index in [0.29, 0.717) is 11.1 Å². The molecular formula is C12H12O3. The fraction of sp³-hybridized carbons (Fsp3) is 0.167. The first-order valence-electron chi connectivity index (χ1n) is 4.54. The van der Waals surface area contributed by atoms with Gasteiger partial charge in [-0.1, -0.05) is 18.2 Å². The number of hydrogen-bond acceptors (Lipinski definition) is 3. The van der Waals surface area contributed by atoms with Crippen molar-refractivity contribution in [2.75, 3.05) is 7.11 Å². The number of benzene rings is 1. The number of allylic oxidation sites excluding steroid dienone is 2. The third kappa shape index (κ3) is 2.77. The van der Waals surface area contributed by atoms with E-state index in [9.17, 15) is 9.59 Å². The van der Waals surface area contributed by atoms with Gasteiger partial charge in [-0.25, -0.2) is 4.79 Å². The molecule has 15 heavy (non-hydrogen) atoms. The lowest BCUT2D eigenvalue weighted by atomic mass is 10.1. The second-order valence-corrected chi connectivity index (χ2v) is 2.94. The summed E-state index contributed by atoms with van der Waals surface area (Å²) >= 11 is 0. The third-order valence-electron chi connectivity index (χ3n) is 1.89. The van der Waals surface area contributed by atoms with Crippen molar-refractivity contribution in [1.82, 2.24) is 0 Å². The van der Waals surface area contributed by atoms with E-state index in [1.54, 1.807) is 31.2 Å². The molecule has 0 aliphatic heterocycles. The van der Waals surface area contributed by atoms with E-state index in [1.807, 2.05) is 0 Å². The molecule has 1 rings (SSSR count). The molecule has 0 atom stereocenters. The van der Waals surface area contributed by atoms with Crippen molar-refractivity contribution in [2.45, 2.75) is 6.92 Å². The second-order valence-electron chi connectivity index (χ2n) is 2.94. The van der Waals surface area contributed by atoms with Crippen molar-refractivity contribution in [2.24, 2.45) is 0 Å². The SMILES string of the molecule is CC=CC(=O)c1cccc(C(=O)OC)c1. The maximum Gasteiger partial charge on any atom is 0.337 e. The fourth-order valence-corrected chi connectivity index (χ4v) is 1.16. The Labute approximate surface area is 88.4 Å². The summed E-state index contributed by atoms with van der Waals surface area (Å²) in [5.41, 5.74) is 0.865. The van der Waals surface area contributed by atoms with Crippen LogP contribution in [-0.4, -0.2) is 18.9 Å². The Morgan fingerprint density at radius 3 is 2.53 bits per heavy atom. The molecular weight excluding hydrogens is 192 g/mol.